The van der Waals surface area contributed by atoms with Crippen LogP contribution in [-0.2, 0) is 6.54 Å². The van der Waals surface area contributed by atoms with Crippen molar-refractivity contribution in [2.24, 2.45) is 0 Å². The van der Waals surface area contributed by atoms with Crippen LogP contribution in [0, 0.1) is 5.82 Å². The molecule has 4 rings (SSSR count). The van der Waals surface area contributed by atoms with E-state index >= 15 is 0 Å². The lowest BCUT2D eigenvalue weighted by Crippen LogP contribution is -2.39. The average molecular weight is 454 g/mol. The number of nitrogens with two attached hydrogens (primary N) is 1. The van der Waals surface area contributed by atoms with E-state index in [1.54, 1.807) is 24.4 Å². The lowest BCUT2D eigenvalue weighted by molar-refractivity contribution is 0.271. The number of ether oxygens (including phenoxy) is 1. The summed E-state index contributed by atoms with van der Waals surface area (Å²) in [7, 11) is 1.44. The first kappa shape index (κ1) is 22.6. The minimum Gasteiger partial charge on any atom is -0.494 e. The Bertz CT molecular complexity index is 1070. The zero-order valence-electron chi connectivity index (χ0n) is 18.8. The van der Waals surface area contributed by atoms with E-state index in [-0.39, 0.29) is 17.7 Å². The van der Waals surface area contributed by atoms with Crippen molar-refractivity contribution in [1.29, 1.82) is 0 Å². The highest BCUT2D eigenvalue weighted by Crippen LogP contribution is 2.30. The molecule has 0 saturated carbocycles. The second-order valence-corrected chi connectivity index (χ2v) is 7.73. The highest BCUT2D eigenvalue weighted by atomic mass is 19.1. The Hall–Kier alpha value is -3.60. The number of aromatic nitrogens is 5. The van der Waals surface area contributed by atoms with Crippen molar-refractivity contribution in [3.05, 3.63) is 48.3 Å². The number of rotatable bonds is 9. The summed E-state index contributed by atoms with van der Waals surface area (Å²) in [6, 6.07) is 6.90. The lowest BCUT2D eigenvalue weighted by Gasteiger charge is -2.30. The van der Waals surface area contributed by atoms with Gasteiger partial charge in [-0.1, -0.05) is 6.92 Å². The monoisotopic (exact) mass is 453 g/mol. The summed E-state index contributed by atoms with van der Waals surface area (Å²) in [5.41, 5.74) is 7.42. The van der Waals surface area contributed by atoms with Crippen LogP contribution in [0.1, 0.15) is 25.5 Å². The molecule has 10 nitrogen and oxygen atoms in total. The number of hydrogen-bond donors (Lipinski definition) is 2. The molecule has 1 aliphatic heterocycles. The molecule has 1 aliphatic rings. The van der Waals surface area contributed by atoms with Crippen LogP contribution in [0.15, 0.2) is 36.8 Å². The molecule has 3 N–H and O–H groups in total. The van der Waals surface area contributed by atoms with Crippen LogP contribution >= 0.6 is 0 Å². The molecule has 1 fully saturated rings. The van der Waals surface area contributed by atoms with Gasteiger partial charge in [-0.2, -0.15) is 15.0 Å². The molecule has 2 aromatic heterocycles. The third kappa shape index (κ3) is 5.43. The van der Waals surface area contributed by atoms with Gasteiger partial charge in [0.05, 0.1) is 19.3 Å². The quantitative estimate of drug-likeness (QED) is 0.500. The van der Waals surface area contributed by atoms with Gasteiger partial charge in [0.1, 0.15) is 6.33 Å². The van der Waals surface area contributed by atoms with Gasteiger partial charge in [-0.25, -0.2) is 14.4 Å². The number of benzene rings is 1. The first-order valence-electron chi connectivity index (χ1n) is 10.9. The standard InChI is InChI=1S/C22H28FN9O/c1-3-31-10-4-5-17(31)13-32(16-6-7-19(33-2)18(23)11-16)22-29-20(24)28-21(30-22)26-12-15-8-9-25-14-27-15/h6-9,11,14,17H,3-5,10,12-13H2,1-2H3,(H3,24,26,28,29,30). The van der Waals surface area contributed by atoms with E-state index in [1.807, 2.05) is 4.90 Å². The van der Waals surface area contributed by atoms with Gasteiger partial charge in [-0.15, -0.1) is 0 Å². The Kier molecular flexibility index (Phi) is 7.08. The van der Waals surface area contributed by atoms with Crippen molar-refractivity contribution in [2.45, 2.75) is 32.4 Å². The highest BCUT2D eigenvalue weighted by molar-refractivity contribution is 5.60. The third-order valence-electron chi connectivity index (χ3n) is 5.70. The smallest absolute Gasteiger partial charge is 0.236 e. The molecule has 0 bridgehead atoms. The topological polar surface area (TPSA) is 118 Å². The lowest BCUT2D eigenvalue weighted by atomic mass is 10.2. The second kappa shape index (κ2) is 10.3. The first-order valence-corrected chi connectivity index (χ1v) is 10.9. The molecule has 1 atom stereocenters. The number of likely N-dealkylation sites (tertiary alicyclic amines) is 1. The highest BCUT2D eigenvalue weighted by Gasteiger charge is 2.28. The fourth-order valence-corrected chi connectivity index (χ4v) is 4.03. The summed E-state index contributed by atoms with van der Waals surface area (Å²) < 4.78 is 19.7. The minimum absolute atomic E-state index is 0.0722. The minimum atomic E-state index is -0.456. The van der Waals surface area contributed by atoms with Gasteiger partial charge in [0.25, 0.3) is 0 Å². The molecule has 174 valence electrons. The van der Waals surface area contributed by atoms with E-state index in [0.29, 0.717) is 30.7 Å². The Balaban J connectivity index is 1.65. The molecule has 3 heterocycles. The predicted molar refractivity (Wildman–Crippen MR) is 124 cm³/mol. The summed E-state index contributed by atoms with van der Waals surface area (Å²) in [5, 5.41) is 3.13. The molecule has 1 saturated heterocycles. The molecule has 0 spiro atoms. The zero-order chi connectivity index (χ0) is 23.2. The van der Waals surface area contributed by atoms with Crippen molar-refractivity contribution >= 4 is 23.5 Å². The number of halogens is 1. The van der Waals surface area contributed by atoms with Crippen LogP contribution in [-0.4, -0.2) is 62.6 Å². The number of methoxy groups -OCH3 is 1. The van der Waals surface area contributed by atoms with Crippen molar-refractivity contribution in [2.75, 3.05) is 42.7 Å². The van der Waals surface area contributed by atoms with Gasteiger partial charge < -0.3 is 20.7 Å². The molecule has 3 aromatic rings. The van der Waals surface area contributed by atoms with Gasteiger partial charge in [-0.3, -0.25) is 4.90 Å². The maximum atomic E-state index is 14.6. The van der Waals surface area contributed by atoms with Crippen molar-refractivity contribution in [3.63, 3.8) is 0 Å². The van der Waals surface area contributed by atoms with Crippen LogP contribution in [0.25, 0.3) is 0 Å². The van der Waals surface area contributed by atoms with Crippen LogP contribution < -0.4 is 20.7 Å². The van der Waals surface area contributed by atoms with Crippen molar-refractivity contribution < 1.29 is 9.13 Å². The van der Waals surface area contributed by atoms with Gasteiger partial charge in [0.2, 0.25) is 17.8 Å². The molecule has 0 radical (unpaired) electrons. The van der Waals surface area contributed by atoms with Crippen molar-refractivity contribution in [3.8, 4) is 5.75 Å². The number of nitrogens with zero attached hydrogens (tertiary/aromatic N) is 7. The number of nitrogens with one attached hydrogen (secondary N) is 1. The Morgan fingerprint density at radius 3 is 2.88 bits per heavy atom. The van der Waals surface area contributed by atoms with Gasteiger partial charge in [0, 0.05) is 30.5 Å². The molecule has 1 unspecified atom stereocenters. The molecular formula is C22H28FN9O. The number of nitrogen functional groups attached to an aromatic ring is 1. The number of anilines is 4. The Labute approximate surface area is 192 Å². The van der Waals surface area contributed by atoms with Crippen LogP contribution in [0.3, 0.4) is 0 Å². The first-order chi connectivity index (χ1) is 16.1. The van der Waals surface area contributed by atoms with E-state index < -0.39 is 5.82 Å². The fraction of sp³-hybridized carbons (Fsp3) is 0.409. The molecular weight excluding hydrogens is 425 g/mol. The summed E-state index contributed by atoms with van der Waals surface area (Å²) in [6.07, 6.45) is 5.31. The molecule has 11 heteroatoms. The largest absolute Gasteiger partial charge is 0.494 e. The van der Waals surface area contributed by atoms with Gasteiger partial charge in [0.15, 0.2) is 11.6 Å². The zero-order valence-corrected chi connectivity index (χ0v) is 18.8. The predicted octanol–water partition coefficient (Wildman–Crippen LogP) is 2.63. The van der Waals surface area contributed by atoms with E-state index in [4.69, 9.17) is 10.5 Å². The third-order valence-corrected chi connectivity index (χ3v) is 5.70. The van der Waals surface area contributed by atoms with E-state index in [9.17, 15) is 4.39 Å². The normalized spacial score (nSPS) is 16.0. The summed E-state index contributed by atoms with van der Waals surface area (Å²) in [4.78, 5) is 25.6. The Morgan fingerprint density at radius 1 is 1.27 bits per heavy atom. The van der Waals surface area contributed by atoms with Gasteiger partial charge in [-0.05, 0) is 44.1 Å². The summed E-state index contributed by atoms with van der Waals surface area (Å²) in [5.74, 6) is 0.456. The second-order valence-electron chi connectivity index (χ2n) is 7.73. The fourth-order valence-electron chi connectivity index (χ4n) is 4.03. The molecule has 33 heavy (non-hydrogen) atoms. The van der Waals surface area contributed by atoms with E-state index in [0.717, 1.165) is 31.6 Å². The maximum absolute atomic E-state index is 14.6. The molecule has 0 amide bonds. The number of hydrogen-bond acceptors (Lipinski definition) is 10. The SMILES string of the molecule is CCN1CCCC1CN(c1ccc(OC)c(F)c1)c1nc(N)nc(NCc2ccncn2)n1. The average Bonchev–Trinajstić information content (AvgIpc) is 3.29. The van der Waals surface area contributed by atoms with E-state index in [2.05, 4.69) is 42.1 Å². The van der Waals surface area contributed by atoms with Crippen LogP contribution in [0.4, 0.5) is 27.9 Å². The van der Waals surface area contributed by atoms with E-state index in [1.165, 1.54) is 19.5 Å². The molecule has 0 aliphatic carbocycles. The molecule has 1 aromatic carbocycles. The Morgan fingerprint density at radius 2 is 2.15 bits per heavy atom. The van der Waals surface area contributed by atoms with Crippen LogP contribution in [0.5, 0.6) is 5.75 Å². The summed E-state index contributed by atoms with van der Waals surface area (Å²) in [6.45, 7) is 5.12. The van der Waals surface area contributed by atoms with Gasteiger partial charge >= 0.3 is 0 Å². The van der Waals surface area contributed by atoms with Crippen LogP contribution in [0.2, 0.25) is 0 Å². The maximum Gasteiger partial charge on any atom is 0.236 e. The summed E-state index contributed by atoms with van der Waals surface area (Å²) >= 11 is 0. The van der Waals surface area contributed by atoms with Crippen molar-refractivity contribution in [1.82, 2.24) is 29.8 Å². The number of likely N-dealkylation sites (N-methyl/N-ethyl adjacent to an activating group) is 1.